The molecule has 124 valence electrons. The summed E-state index contributed by atoms with van der Waals surface area (Å²) in [5, 5.41) is 3.55. The number of likely N-dealkylation sites (tertiary alicyclic amines) is 2. The number of hydrogen-bond donors (Lipinski definition) is 1. The van der Waals surface area contributed by atoms with Crippen LogP contribution in [0, 0.1) is 5.41 Å². The predicted molar refractivity (Wildman–Crippen MR) is 102 cm³/mol. The van der Waals surface area contributed by atoms with E-state index in [4.69, 9.17) is 0 Å². The molecular weight excluding hydrogens is 375 g/mol. The topological polar surface area (TPSA) is 30.9 Å². The number of nitrogens with one attached hydrogen (secondary N) is 1. The van der Waals surface area contributed by atoms with Crippen molar-refractivity contribution in [2.75, 3.05) is 46.3 Å². The maximum atomic E-state index is 4.49. The lowest BCUT2D eigenvalue weighted by Crippen LogP contribution is -2.51. The quantitative estimate of drug-likeness (QED) is 0.431. The number of nitrogens with zero attached hydrogens (tertiary/aromatic N) is 3. The predicted octanol–water partition coefficient (Wildman–Crippen LogP) is 2.79. The lowest BCUT2D eigenvalue weighted by molar-refractivity contribution is 0.141. The fraction of sp³-hybridized carbons (Fsp3) is 0.938. The van der Waals surface area contributed by atoms with Gasteiger partial charge in [0.1, 0.15) is 0 Å². The maximum absolute atomic E-state index is 4.49. The van der Waals surface area contributed by atoms with Crippen molar-refractivity contribution in [3.05, 3.63) is 0 Å². The molecule has 1 atom stereocenters. The summed E-state index contributed by atoms with van der Waals surface area (Å²) in [5.74, 6) is 1.10. The van der Waals surface area contributed by atoms with E-state index < -0.39 is 0 Å². The second-order valence-corrected chi connectivity index (χ2v) is 6.75. The van der Waals surface area contributed by atoms with Crippen LogP contribution in [0.25, 0.3) is 0 Å². The van der Waals surface area contributed by atoms with Crippen molar-refractivity contribution in [3.8, 4) is 0 Å². The fourth-order valence-corrected chi connectivity index (χ4v) is 3.57. The molecule has 4 nitrogen and oxygen atoms in total. The zero-order valence-corrected chi connectivity index (χ0v) is 16.4. The highest BCUT2D eigenvalue weighted by Gasteiger charge is 2.31. The lowest BCUT2D eigenvalue weighted by Gasteiger charge is -2.42. The minimum absolute atomic E-state index is 0. The largest absolute Gasteiger partial charge is 0.355 e. The highest BCUT2D eigenvalue weighted by Crippen LogP contribution is 2.33. The zero-order valence-electron chi connectivity index (χ0n) is 14.0. The van der Waals surface area contributed by atoms with Crippen LogP contribution >= 0.6 is 24.0 Å². The summed E-state index contributed by atoms with van der Waals surface area (Å²) in [4.78, 5) is 9.46. The standard InChI is InChI=1S/C16H32N4.HI/c1-4-7-16(2)8-5-12-20(14-16)15(17-3)18-9-13-19-10-6-11-19;/h4-14H2,1-3H3,(H,17,18);1H. The Morgan fingerprint density at radius 3 is 2.57 bits per heavy atom. The first-order valence-electron chi connectivity index (χ1n) is 8.35. The maximum Gasteiger partial charge on any atom is 0.193 e. The zero-order chi connectivity index (χ0) is 14.4. The van der Waals surface area contributed by atoms with Gasteiger partial charge in [0.05, 0.1) is 0 Å². The molecule has 0 aromatic rings. The van der Waals surface area contributed by atoms with Crippen LogP contribution in [-0.2, 0) is 0 Å². The second kappa shape index (κ2) is 9.18. The molecule has 2 aliphatic rings. The average molecular weight is 408 g/mol. The molecule has 2 rings (SSSR count). The molecule has 2 aliphatic heterocycles. The van der Waals surface area contributed by atoms with Crippen molar-refractivity contribution in [2.45, 2.75) is 46.0 Å². The summed E-state index contributed by atoms with van der Waals surface area (Å²) < 4.78 is 0. The number of hydrogen-bond acceptors (Lipinski definition) is 2. The SMILES string of the molecule is CCCC1(C)CCCN(C(=NC)NCCN2CCC2)C1.I. The highest BCUT2D eigenvalue weighted by molar-refractivity contribution is 14.0. The van der Waals surface area contributed by atoms with Crippen LogP contribution in [0.4, 0.5) is 0 Å². The van der Waals surface area contributed by atoms with E-state index in [0.717, 1.165) is 32.1 Å². The van der Waals surface area contributed by atoms with Crippen LogP contribution in [0.1, 0.15) is 46.0 Å². The Bertz CT molecular complexity index is 326. The molecule has 0 amide bonds. The van der Waals surface area contributed by atoms with Gasteiger partial charge >= 0.3 is 0 Å². The Kier molecular flexibility index (Phi) is 8.31. The first-order chi connectivity index (χ1) is 9.67. The molecule has 0 bridgehead atoms. The summed E-state index contributed by atoms with van der Waals surface area (Å²) in [6.45, 7) is 11.8. The van der Waals surface area contributed by atoms with Crippen LogP contribution < -0.4 is 5.32 Å². The molecule has 0 aromatic heterocycles. The third-order valence-electron chi connectivity index (χ3n) is 4.81. The van der Waals surface area contributed by atoms with Gasteiger partial charge in [-0.15, -0.1) is 24.0 Å². The number of rotatable bonds is 5. The van der Waals surface area contributed by atoms with E-state index in [0.29, 0.717) is 5.41 Å². The van der Waals surface area contributed by atoms with E-state index in [1.807, 2.05) is 7.05 Å². The Hall–Kier alpha value is -0.0400. The summed E-state index contributed by atoms with van der Waals surface area (Å²) in [6, 6.07) is 0. The van der Waals surface area contributed by atoms with Gasteiger partial charge in [0.25, 0.3) is 0 Å². The lowest BCUT2D eigenvalue weighted by atomic mass is 9.78. The summed E-state index contributed by atoms with van der Waals surface area (Å²) >= 11 is 0. The second-order valence-electron chi connectivity index (χ2n) is 6.75. The van der Waals surface area contributed by atoms with E-state index in [-0.39, 0.29) is 24.0 Å². The Labute approximate surface area is 147 Å². The third kappa shape index (κ3) is 5.58. The number of guanidine groups is 1. The molecule has 1 unspecified atom stereocenters. The van der Waals surface area contributed by atoms with Crippen molar-refractivity contribution in [1.82, 2.24) is 15.1 Å². The normalized spacial score (nSPS) is 27.0. The van der Waals surface area contributed by atoms with Gasteiger partial charge in [-0.1, -0.05) is 20.3 Å². The molecule has 0 radical (unpaired) electrons. The monoisotopic (exact) mass is 408 g/mol. The molecule has 0 aliphatic carbocycles. The summed E-state index contributed by atoms with van der Waals surface area (Å²) in [7, 11) is 1.91. The van der Waals surface area contributed by atoms with E-state index in [1.54, 1.807) is 0 Å². The Morgan fingerprint density at radius 2 is 2.00 bits per heavy atom. The molecule has 0 spiro atoms. The highest BCUT2D eigenvalue weighted by atomic mass is 127. The van der Waals surface area contributed by atoms with E-state index in [1.165, 1.54) is 45.2 Å². The minimum Gasteiger partial charge on any atom is -0.355 e. The molecule has 21 heavy (non-hydrogen) atoms. The van der Waals surface area contributed by atoms with E-state index >= 15 is 0 Å². The van der Waals surface area contributed by atoms with Gasteiger partial charge in [-0.3, -0.25) is 4.99 Å². The molecule has 2 saturated heterocycles. The van der Waals surface area contributed by atoms with E-state index in [9.17, 15) is 0 Å². The third-order valence-corrected chi connectivity index (χ3v) is 4.81. The van der Waals surface area contributed by atoms with Gasteiger partial charge in [-0.25, -0.2) is 0 Å². The minimum atomic E-state index is 0. The smallest absolute Gasteiger partial charge is 0.193 e. The molecular formula is C16H33IN4. The van der Waals surface area contributed by atoms with Crippen LogP contribution in [0.2, 0.25) is 0 Å². The van der Waals surface area contributed by atoms with Gasteiger partial charge in [0.15, 0.2) is 5.96 Å². The fourth-order valence-electron chi connectivity index (χ4n) is 3.57. The summed E-state index contributed by atoms with van der Waals surface area (Å²) in [6.07, 6.45) is 6.64. The van der Waals surface area contributed by atoms with Gasteiger partial charge in [0, 0.05) is 33.2 Å². The molecule has 0 saturated carbocycles. The Morgan fingerprint density at radius 1 is 1.24 bits per heavy atom. The molecule has 5 heteroatoms. The average Bonchev–Trinajstić information content (AvgIpc) is 2.36. The number of aliphatic imine (C=N–C) groups is 1. The molecule has 2 heterocycles. The molecule has 0 aromatic carbocycles. The van der Waals surface area contributed by atoms with Crippen LogP contribution in [0.3, 0.4) is 0 Å². The summed E-state index contributed by atoms with van der Waals surface area (Å²) in [5.41, 5.74) is 0.474. The van der Waals surface area contributed by atoms with Gasteiger partial charge in [-0.05, 0) is 44.2 Å². The van der Waals surface area contributed by atoms with Crippen LogP contribution in [0.5, 0.6) is 0 Å². The number of piperidine rings is 1. The van der Waals surface area contributed by atoms with Crippen molar-refractivity contribution < 1.29 is 0 Å². The van der Waals surface area contributed by atoms with Crippen molar-refractivity contribution >= 4 is 29.9 Å². The van der Waals surface area contributed by atoms with Crippen molar-refractivity contribution in [3.63, 3.8) is 0 Å². The van der Waals surface area contributed by atoms with E-state index in [2.05, 4.69) is 34.0 Å². The van der Waals surface area contributed by atoms with Crippen molar-refractivity contribution in [2.24, 2.45) is 10.4 Å². The van der Waals surface area contributed by atoms with Crippen LogP contribution in [-0.4, -0.2) is 62.1 Å². The first kappa shape index (κ1) is 19.0. The van der Waals surface area contributed by atoms with Crippen LogP contribution in [0.15, 0.2) is 4.99 Å². The Balaban J connectivity index is 0.00000220. The molecule has 2 fully saturated rings. The number of halogens is 1. The van der Waals surface area contributed by atoms with Gasteiger partial charge in [0.2, 0.25) is 0 Å². The molecule has 1 N–H and O–H groups in total. The first-order valence-corrected chi connectivity index (χ1v) is 8.35. The van der Waals surface area contributed by atoms with Gasteiger partial charge in [-0.2, -0.15) is 0 Å². The van der Waals surface area contributed by atoms with Crippen molar-refractivity contribution in [1.29, 1.82) is 0 Å². The van der Waals surface area contributed by atoms with Gasteiger partial charge < -0.3 is 15.1 Å².